The van der Waals surface area contributed by atoms with E-state index in [0.29, 0.717) is 17.1 Å². The maximum Gasteiger partial charge on any atom is 0.152 e. The van der Waals surface area contributed by atoms with Crippen LogP contribution in [0.15, 0.2) is 12.3 Å². The Morgan fingerprint density at radius 3 is 2.75 bits per heavy atom. The number of nitrogens with two attached hydrogens (primary N) is 1. The number of nitrogen functional groups attached to an aromatic ring is 1. The van der Waals surface area contributed by atoms with E-state index in [0.717, 1.165) is 0 Å². The SMILES string of the molecule is CN(C)c1nccc(C#N)c1N. The van der Waals surface area contributed by atoms with Crippen LogP contribution in [0.3, 0.4) is 0 Å². The van der Waals surface area contributed by atoms with Crippen molar-refractivity contribution < 1.29 is 0 Å². The molecule has 1 aromatic rings. The molecule has 0 aliphatic heterocycles. The Morgan fingerprint density at radius 1 is 1.58 bits per heavy atom. The molecule has 0 saturated carbocycles. The number of anilines is 2. The molecule has 0 spiro atoms. The minimum Gasteiger partial charge on any atom is -0.395 e. The minimum absolute atomic E-state index is 0.435. The zero-order valence-corrected chi connectivity index (χ0v) is 7.07. The first kappa shape index (κ1) is 8.34. The van der Waals surface area contributed by atoms with Crippen molar-refractivity contribution in [3.05, 3.63) is 17.8 Å². The van der Waals surface area contributed by atoms with E-state index in [-0.39, 0.29) is 0 Å². The molecule has 0 saturated heterocycles. The van der Waals surface area contributed by atoms with Gasteiger partial charge in [0.05, 0.1) is 11.3 Å². The summed E-state index contributed by atoms with van der Waals surface area (Å²) < 4.78 is 0. The molecule has 4 nitrogen and oxygen atoms in total. The van der Waals surface area contributed by atoms with Crippen molar-refractivity contribution in [2.45, 2.75) is 0 Å². The standard InChI is InChI=1S/C8H10N4/c1-12(2)8-7(10)6(5-9)3-4-11-8/h3-4H,10H2,1-2H3. The first-order valence-electron chi connectivity index (χ1n) is 3.48. The van der Waals surface area contributed by atoms with Gasteiger partial charge in [0.25, 0.3) is 0 Å². The van der Waals surface area contributed by atoms with E-state index >= 15 is 0 Å². The summed E-state index contributed by atoms with van der Waals surface area (Å²) in [6.07, 6.45) is 1.57. The normalized spacial score (nSPS) is 9.08. The van der Waals surface area contributed by atoms with Gasteiger partial charge >= 0.3 is 0 Å². The lowest BCUT2D eigenvalue weighted by molar-refractivity contribution is 1.07. The van der Waals surface area contributed by atoms with Crippen LogP contribution in [0.25, 0.3) is 0 Å². The summed E-state index contributed by atoms with van der Waals surface area (Å²) >= 11 is 0. The number of hydrogen-bond donors (Lipinski definition) is 1. The van der Waals surface area contributed by atoms with Gasteiger partial charge < -0.3 is 10.6 Å². The first-order chi connectivity index (χ1) is 5.66. The van der Waals surface area contributed by atoms with Crippen molar-refractivity contribution in [1.82, 2.24) is 4.98 Å². The summed E-state index contributed by atoms with van der Waals surface area (Å²) in [4.78, 5) is 5.81. The molecule has 0 atom stereocenters. The highest BCUT2D eigenvalue weighted by atomic mass is 15.1. The van der Waals surface area contributed by atoms with Crippen LogP contribution in [-0.4, -0.2) is 19.1 Å². The second-order valence-electron chi connectivity index (χ2n) is 2.60. The maximum atomic E-state index is 8.65. The van der Waals surface area contributed by atoms with Crippen LogP contribution in [0, 0.1) is 11.3 Å². The number of nitriles is 1. The Balaban J connectivity index is 3.25. The zero-order valence-electron chi connectivity index (χ0n) is 7.07. The predicted molar refractivity (Wildman–Crippen MR) is 47.7 cm³/mol. The lowest BCUT2D eigenvalue weighted by atomic mass is 10.2. The number of rotatable bonds is 1. The van der Waals surface area contributed by atoms with Crippen LogP contribution >= 0.6 is 0 Å². The lowest BCUT2D eigenvalue weighted by Crippen LogP contribution is -2.13. The highest BCUT2D eigenvalue weighted by Gasteiger charge is 2.06. The molecule has 0 amide bonds. The van der Waals surface area contributed by atoms with Crippen LogP contribution in [0.2, 0.25) is 0 Å². The summed E-state index contributed by atoms with van der Waals surface area (Å²) in [5.74, 6) is 0.633. The van der Waals surface area contributed by atoms with E-state index in [1.165, 1.54) is 0 Å². The number of aromatic nitrogens is 1. The van der Waals surface area contributed by atoms with E-state index in [1.54, 1.807) is 17.2 Å². The maximum absolute atomic E-state index is 8.65. The Hall–Kier alpha value is -1.76. The molecule has 1 rings (SSSR count). The Labute approximate surface area is 71.2 Å². The van der Waals surface area contributed by atoms with E-state index in [1.807, 2.05) is 20.2 Å². The second-order valence-corrected chi connectivity index (χ2v) is 2.60. The predicted octanol–water partition coefficient (Wildman–Crippen LogP) is 0.601. The van der Waals surface area contributed by atoms with Gasteiger partial charge in [-0.2, -0.15) is 5.26 Å². The zero-order chi connectivity index (χ0) is 9.14. The molecule has 1 aromatic heterocycles. The number of hydrogen-bond acceptors (Lipinski definition) is 4. The van der Waals surface area contributed by atoms with Crippen LogP contribution in [0.1, 0.15) is 5.56 Å². The van der Waals surface area contributed by atoms with Gasteiger partial charge in [-0.25, -0.2) is 4.98 Å². The molecule has 0 unspecified atom stereocenters. The quantitative estimate of drug-likeness (QED) is 0.656. The average molecular weight is 162 g/mol. The fraction of sp³-hybridized carbons (Fsp3) is 0.250. The van der Waals surface area contributed by atoms with Gasteiger partial charge in [-0.05, 0) is 6.07 Å². The van der Waals surface area contributed by atoms with Crippen LogP contribution in [0.5, 0.6) is 0 Å². The van der Waals surface area contributed by atoms with E-state index in [2.05, 4.69) is 4.98 Å². The lowest BCUT2D eigenvalue weighted by Gasteiger charge is -2.13. The molecule has 1 heterocycles. The monoisotopic (exact) mass is 162 g/mol. The largest absolute Gasteiger partial charge is 0.395 e. The molecule has 0 radical (unpaired) electrons. The molecule has 4 heteroatoms. The molecule has 0 aliphatic carbocycles. The van der Waals surface area contributed by atoms with E-state index in [9.17, 15) is 0 Å². The molecule has 62 valence electrons. The Kier molecular flexibility index (Phi) is 2.15. The second kappa shape index (κ2) is 3.09. The Morgan fingerprint density at radius 2 is 2.25 bits per heavy atom. The fourth-order valence-corrected chi connectivity index (χ4v) is 0.916. The van der Waals surface area contributed by atoms with Gasteiger partial charge in [-0.15, -0.1) is 0 Å². The van der Waals surface area contributed by atoms with Gasteiger partial charge in [0.15, 0.2) is 5.82 Å². The molecule has 2 N–H and O–H groups in total. The third-order valence-corrected chi connectivity index (χ3v) is 1.51. The van der Waals surface area contributed by atoms with Crippen molar-refractivity contribution in [3.8, 4) is 6.07 Å². The third kappa shape index (κ3) is 1.30. The van der Waals surface area contributed by atoms with E-state index in [4.69, 9.17) is 11.0 Å². The van der Waals surface area contributed by atoms with Crippen molar-refractivity contribution in [2.24, 2.45) is 0 Å². The first-order valence-corrected chi connectivity index (χ1v) is 3.48. The van der Waals surface area contributed by atoms with Gasteiger partial charge in [0.2, 0.25) is 0 Å². The van der Waals surface area contributed by atoms with Crippen molar-refractivity contribution in [3.63, 3.8) is 0 Å². The van der Waals surface area contributed by atoms with Gasteiger partial charge in [-0.1, -0.05) is 0 Å². The summed E-state index contributed by atoms with van der Waals surface area (Å²) in [5, 5.41) is 8.65. The molecule has 0 fully saturated rings. The smallest absolute Gasteiger partial charge is 0.152 e. The topological polar surface area (TPSA) is 65.9 Å². The summed E-state index contributed by atoms with van der Waals surface area (Å²) in [6.45, 7) is 0. The molecule has 0 bridgehead atoms. The van der Waals surface area contributed by atoms with Crippen molar-refractivity contribution >= 4 is 11.5 Å². The molecule has 0 aliphatic rings. The fourth-order valence-electron chi connectivity index (χ4n) is 0.916. The van der Waals surface area contributed by atoms with Gasteiger partial charge in [-0.3, -0.25) is 0 Å². The van der Waals surface area contributed by atoms with E-state index < -0.39 is 0 Å². The molecular formula is C8H10N4. The van der Waals surface area contributed by atoms with Crippen LogP contribution < -0.4 is 10.6 Å². The third-order valence-electron chi connectivity index (χ3n) is 1.51. The summed E-state index contributed by atoms with van der Waals surface area (Å²) in [7, 11) is 3.67. The Bertz CT molecular complexity index is 324. The molecule has 0 aromatic carbocycles. The van der Waals surface area contributed by atoms with Crippen LogP contribution in [0.4, 0.5) is 11.5 Å². The summed E-state index contributed by atoms with van der Waals surface area (Å²) in [6, 6.07) is 3.60. The highest BCUT2D eigenvalue weighted by Crippen LogP contribution is 2.20. The number of pyridine rings is 1. The average Bonchev–Trinajstić information content (AvgIpc) is 2.04. The minimum atomic E-state index is 0.435. The highest BCUT2D eigenvalue weighted by molar-refractivity contribution is 5.69. The summed E-state index contributed by atoms with van der Waals surface area (Å²) in [5.41, 5.74) is 6.57. The van der Waals surface area contributed by atoms with Gasteiger partial charge in [0.1, 0.15) is 6.07 Å². The number of nitrogens with zero attached hydrogens (tertiary/aromatic N) is 3. The van der Waals surface area contributed by atoms with Crippen molar-refractivity contribution in [1.29, 1.82) is 5.26 Å². The molecule has 12 heavy (non-hydrogen) atoms. The van der Waals surface area contributed by atoms with Crippen molar-refractivity contribution in [2.75, 3.05) is 24.7 Å². The van der Waals surface area contributed by atoms with Crippen LogP contribution in [-0.2, 0) is 0 Å². The molecular weight excluding hydrogens is 152 g/mol. The van der Waals surface area contributed by atoms with Gasteiger partial charge in [0, 0.05) is 20.3 Å².